The van der Waals surface area contributed by atoms with E-state index in [1.165, 1.54) is 0 Å². The second kappa shape index (κ2) is 278. The van der Waals surface area contributed by atoms with Crippen molar-refractivity contribution in [3.8, 4) is 0 Å². The minimum atomic E-state index is -2.33. The number of hydrogen-bond donors (Lipinski definition) is 0. The molecule has 0 saturated heterocycles. The fourth-order valence-electron chi connectivity index (χ4n) is 0. The van der Waals surface area contributed by atoms with Gasteiger partial charge in [0.15, 0.2) is 0 Å². The molecule has 0 N–H and O–H groups in total. The van der Waals surface area contributed by atoms with Crippen molar-refractivity contribution in [3.05, 3.63) is 0 Å². The standard InChI is InChI=1S/11CH2O3.4Ca.4Na.11O.4Ti.4Zr/c11*2-1(3)4;;;;;;;;;;;;;;;;;;;;;;;;;;;/h11*(H2,2,3,4);;;;;;;;;;;;;;;;;;;;;;;;;;;/q;;;;;;;;;;;4*+2;4*+1;11*-2;8*+4/p-22. The van der Waals surface area contributed by atoms with Crippen LogP contribution < -0.4 is 231 Å². The second-order valence-electron chi connectivity index (χ2n) is 2.75. The summed E-state index contributed by atoms with van der Waals surface area (Å²) in [4.78, 5) is 91.7. The fraction of sp³-hybridized carbons (Fsp3) is 0. The van der Waals surface area contributed by atoms with E-state index in [1.807, 2.05) is 0 Å². The first-order valence-corrected chi connectivity index (χ1v) is 6.74. The van der Waals surface area contributed by atoms with Crippen molar-refractivity contribution in [1.82, 2.24) is 0 Å². The largest absolute Gasteiger partial charge is 4.00 e. The Labute approximate surface area is 737 Å². The van der Waals surface area contributed by atoms with E-state index in [4.69, 9.17) is 165 Å². The summed E-state index contributed by atoms with van der Waals surface area (Å²) in [6.07, 6.45) is -25.7. The van der Waals surface area contributed by atoms with Crippen LogP contribution >= 0.6 is 0 Å². The summed E-state index contributed by atoms with van der Waals surface area (Å²) in [7, 11) is 0. The number of rotatable bonds is 0. The third-order valence-electron chi connectivity index (χ3n) is 0. The van der Waals surface area contributed by atoms with E-state index in [0.29, 0.717) is 0 Å². The molecule has 0 saturated carbocycles. The zero-order valence-corrected chi connectivity index (χ0v) is 67.2. The van der Waals surface area contributed by atoms with Crippen LogP contribution in [0.25, 0.3) is 0 Å². The molecule has 0 amide bonds. The molecule has 60 heteroatoms. The topological polar surface area (TPSA) is 1010 Å². The van der Waals surface area contributed by atoms with Gasteiger partial charge in [-0.15, -0.1) is 0 Å². The summed E-state index contributed by atoms with van der Waals surface area (Å²) in [6.45, 7) is 0. The molecular formula is C11Ca4Na4O44Ti4Zr4. The normalized spacial score (nSPS) is 3.72. The quantitative estimate of drug-likeness (QED) is 0.203. The molecule has 0 unspecified atom stereocenters. The van der Waals surface area contributed by atoms with E-state index < -0.39 is 67.7 Å². The van der Waals surface area contributed by atoms with Crippen LogP contribution in [0, 0.1) is 0 Å². The van der Waals surface area contributed by atoms with Gasteiger partial charge in [0, 0.05) is 0 Å². The zero-order chi connectivity index (χ0) is 39.4. The maximum atomic E-state index is 8.33. The number of carboxylic acid groups (broad SMARTS) is 22. The average Bonchev–Trinajstić information content (AvgIpc) is 2.55. The summed E-state index contributed by atoms with van der Waals surface area (Å²) in [6, 6.07) is 0. The van der Waals surface area contributed by atoms with Crippen LogP contribution in [0.4, 0.5) is 52.7 Å². The van der Waals surface area contributed by atoms with E-state index in [0.717, 1.165) is 0 Å². The van der Waals surface area contributed by atoms with Gasteiger partial charge in [-0.25, -0.2) is 0 Å². The summed E-state index contributed by atoms with van der Waals surface area (Å²) >= 11 is 0. The van der Waals surface area contributed by atoms with Gasteiger partial charge in [0.25, 0.3) is 0 Å². The van der Waals surface area contributed by atoms with Crippen molar-refractivity contribution in [1.29, 1.82) is 0 Å². The molecule has 0 radical (unpaired) electrons. The van der Waals surface area contributed by atoms with Crippen LogP contribution in [0.5, 0.6) is 0 Å². The van der Waals surface area contributed by atoms with Crippen LogP contribution in [0.2, 0.25) is 0 Å². The molecule has 0 aliphatic carbocycles. The first kappa shape index (κ1) is 289. The van der Waals surface area contributed by atoms with Crippen LogP contribution in [-0.4, -0.2) is 219 Å². The van der Waals surface area contributed by atoms with E-state index in [-0.39, 0.29) is 521 Å². The van der Waals surface area contributed by atoms with E-state index in [1.54, 1.807) is 0 Å². The summed E-state index contributed by atoms with van der Waals surface area (Å²) in [5.41, 5.74) is 0. The first-order chi connectivity index (χ1) is 19.1. The second-order valence-corrected chi connectivity index (χ2v) is 2.75. The molecule has 0 aromatic rings. The van der Waals surface area contributed by atoms with Crippen LogP contribution in [0.3, 0.4) is 0 Å². The maximum Gasteiger partial charge on any atom is 4.00 e. The van der Waals surface area contributed by atoms with Crippen LogP contribution in [-0.2, 0) is 252 Å². The van der Waals surface area contributed by atoms with E-state index in [9.17, 15) is 0 Å². The summed E-state index contributed by atoms with van der Waals surface area (Å²) < 4.78 is 0. The van der Waals surface area contributed by atoms with Gasteiger partial charge in [-0.1, -0.05) is 0 Å². The number of carbonyl (C=O) groups excluding carboxylic acids is 11. The van der Waals surface area contributed by atoms with Gasteiger partial charge < -0.3 is 225 Å². The molecule has 0 fully saturated rings. The van der Waals surface area contributed by atoms with Crippen LogP contribution in [0.15, 0.2) is 0 Å². The summed E-state index contributed by atoms with van der Waals surface area (Å²) in [5, 5.41) is 183. The molecule has 0 aromatic carbocycles. The molecule has 44 nitrogen and oxygen atoms in total. The molecule has 0 rings (SSSR count). The maximum absolute atomic E-state index is 8.33. The minimum absolute atomic E-state index is 0. The Morgan fingerprint density at radius 1 is 0.155 bits per heavy atom. The van der Waals surface area contributed by atoms with Gasteiger partial charge in [0.2, 0.25) is 0 Å². The third-order valence-corrected chi connectivity index (χ3v) is 0. The SMILES string of the molecule is O=C([O-])[O-].O=C([O-])[O-].O=C([O-])[O-].O=C([O-])[O-].O=C([O-])[O-].O=C([O-])[O-].O=C([O-])[O-].O=C([O-])[O-].O=C([O-])[O-].O=C([O-])[O-].O=C([O-])[O-].[Ca+2].[Ca+2].[Ca+2].[Ca+2].[Na+].[Na+].[Na+].[Na+].[O-2].[O-2].[O-2].[O-2].[O-2].[O-2].[O-2].[O-2].[O-2].[O-2].[O-2].[Ti+4].[Ti+4].[Ti+4].[Ti+4].[Zr+4].[Zr+4].[Zr+4].[Zr+4]. The Morgan fingerprint density at radius 2 is 0.155 bits per heavy atom. The van der Waals surface area contributed by atoms with Crippen molar-refractivity contribution in [2.75, 3.05) is 0 Å². The Bertz CT molecular complexity index is 608. The van der Waals surface area contributed by atoms with Gasteiger partial charge in [0.05, 0.1) is 0 Å². The first-order valence-electron chi connectivity index (χ1n) is 6.74. The number of carbonyl (C=O) groups is 11. The van der Waals surface area contributed by atoms with Gasteiger partial charge in [-0.05, 0) is 67.7 Å². The van der Waals surface area contributed by atoms with Crippen molar-refractivity contribution < 1.29 is 535 Å². The molecule has 0 aliphatic rings. The molecule has 0 atom stereocenters. The molecule has 0 aromatic heterocycles. The van der Waals surface area contributed by atoms with E-state index in [2.05, 4.69) is 0 Å². The van der Waals surface area contributed by atoms with Crippen molar-refractivity contribution in [3.63, 3.8) is 0 Å². The fourth-order valence-corrected chi connectivity index (χ4v) is 0. The zero-order valence-electron chi connectivity index (χ0n) is 34.3. The predicted molar refractivity (Wildman–Crippen MR) is 89.9 cm³/mol. The molecule has 0 aliphatic heterocycles. The van der Waals surface area contributed by atoms with Crippen molar-refractivity contribution in [2.45, 2.75) is 0 Å². The molecular weight excluding hydrogens is 1640 g/mol. The molecule has 0 heterocycles. The van der Waals surface area contributed by atoms with Gasteiger partial charge in [-0.2, -0.15) is 0 Å². The van der Waals surface area contributed by atoms with E-state index >= 15 is 0 Å². The Hall–Kier alpha value is 6.96. The molecule has 0 spiro atoms. The summed E-state index contributed by atoms with van der Waals surface area (Å²) in [5.74, 6) is 0. The average molecular weight is 1640 g/mol. The molecule has 71 heavy (non-hydrogen) atoms. The molecule has 352 valence electrons. The Balaban J connectivity index is -0.00000000451. The van der Waals surface area contributed by atoms with Crippen LogP contribution in [0.1, 0.15) is 0 Å². The van der Waals surface area contributed by atoms with Gasteiger partial charge in [0.1, 0.15) is 0 Å². The predicted octanol–water partition coefficient (Wildman–Crippen LogP) is -41.8. The van der Waals surface area contributed by atoms with Crippen molar-refractivity contribution >= 4 is 219 Å². The minimum Gasteiger partial charge on any atom is -2.00 e. The van der Waals surface area contributed by atoms with Gasteiger partial charge >= 0.3 is 461 Å². The molecule has 0 bridgehead atoms. The Kier molecular flexibility index (Phi) is 1130. The monoisotopic (exact) mass is 1640 g/mol. The van der Waals surface area contributed by atoms with Gasteiger partial charge in [-0.3, -0.25) is 0 Å². The smallest absolute Gasteiger partial charge is 2.00 e. The van der Waals surface area contributed by atoms with Crippen molar-refractivity contribution in [2.24, 2.45) is 0 Å². The number of hydrogen-bond acceptors (Lipinski definition) is 33. The third kappa shape index (κ3) is 8930. The Morgan fingerprint density at radius 3 is 0.155 bits per heavy atom.